The minimum atomic E-state index is -0.144. The van der Waals surface area contributed by atoms with Gasteiger partial charge in [0.1, 0.15) is 6.07 Å². The Hall–Kier alpha value is -2.55. The van der Waals surface area contributed by atoms with Crippen molar-refractivity contribution in [2.45, 2.75) is 6.92 Å². The van der Waals surface area contributed by atoms with Crippen LogP contribution in [0.5, 0.6) is 0 Å². The molecule has 0 aromatic heterocycles. The Balaban J connectivity index is 1.76. The van der Waals surface area contributed by atoms with Crippen LogP contribution in [-0.2, 0) is 0 Å². The molecule has 0 aliphatic carbocycles. The summed E-state index contributed by atoms with van der Waals surface area (Å²) in [6.07, 6.45) is 0. The molecule has 0 unspecified atom stereocenters. The Bertz CT molecular complexity index is 945. The fraction of sp³-hybridized carbons (Fsp3) is 0.250. The highest BCUT2D eigenvalue weighted by Crippen LogP contribution is 2.26. The third kappa shape index (κ3) is 4.08. The Kier molecular flexibility index (Phi) is 5.69. The number of carbonyl (C=O) groups is 2. The van der Waals surface area contributed by atoms with E-state index in [0.717, 1.165) is 5.69 Å². The van der Waals surface area contributed by atoms with Crippen molar-refractivity contribution in [3.8, 4) is 6.07 Å². The molecule has 0 N–H and O–H groups in total. The summed E-state index contributed by atoms with van der Waals surface area (Å²) >= 11 is 12.0. The molecule has 1 heterocycles. The number of benzene rings is 2. The quantitative estimate of drug-likeness (QED) is 0.728. The number of piperazine rings is 1. The SMILES string of the molecule is CC(=O)c1ccc(C#N)c(N2CCN(C(=O)c3ccc(Cl)cc3Cl)CC2)c1. The van der Waals surface area contributed by atoms with Gasteiger partial charge in [-0.2, -0.15) is 5.26 Å². The van der Waals surface area contributed by atoms with Gasteiger partial charge in [0.15, 0.2) is 5.78 Å². The second-order valence-corrected chi connectivity index (χ2v) is 7.15. The van der Waals surface area contributed by atoms with Gasteiger partial charge >= 0.3 is 0 Å². The second kappa shape index (κ2) is 7.99. The molecule has 3 rings (SSSR count). The van der Waals surface area contributed by atoms with E-state index in [1.54, 1.807) is 41.3 Å². The monoisotopic (exact) mass is 401 g/mol. The van der Waals surface area contributed by atoms with Gasteiger partial charge in [0.25, 0.3) is 5.91 Å². The molecule has 2 aromatic rings. The van der Waals surface area contributed by atoms with Gasteiger partial charge in [-0.25, -0.2) is 0 Å². The number of hydrogen-bond donors (Lipinski definition) is 0. The van der Waals surface area contributed by atoms with Crippen LogP contribution in [0.4, 0.5) is 5.69 Å². The van der Waals surface area contributed by atoms with Crippen LogP contribution in [0, 0.1) is 11.3 Å². The highest BCUT2D eigenvalue weighted by Gasteiger charge is 2.25. The Labute approximate surface area is 167 Å². The molecule has 1 saturated heterocycles. The molecule has 0 spiro atoms. The van der Waals surface area contributed by atoms with E-state index in [1.807, 2.05) is 4.90 Å². The maximum Gasteiger partial charge on any atom is 0.255 e. The Morgan fingerprint density at radius 3 is 2.33 bits per heavy atom. The lowest BCUT2D eigenvalue weighted by atomic mass is 10.1. The molecule has 7 heteroatoms. The first-order chi connectivity index (χ1) is 12.9. The number of amides is 1. The topological polar surface area (TPSA) is 64.4 Å². The molecule has 0 atom stereocenters. The Morgan fingerprint density at radius 1 is 1.04 bits per heavy atom. The molecular weight excluding hydrogens is 385 g/mol. The summed E-state index contributed by atoms with van der Waals surface area (Å²) in [5, 5.41) is 10.2. The number of Topliss-reactive ketones (excluding diaryl/α,β-unsaturated/α-hetero) is 1. The number of anilines is 1. The predicted octanol–water partition coefficient (Wildman–Crippen LogP) is 4.03. The minimum absolute atomic E-state index is 0.0491. The lowest BCUT2D eigenvalue weighted by Crippen LogP contribution is -2.49. The van der Waals surface area contributed by atoms with E-state index in [2.05, 4.69) is 6.07 Å². The zero-order valence-corrected chi connectivity index (χ0v) is 16.2. The summed E-state index contributed by atoms with van der Waals surface area (Å²) in [5.74, 6) is -0.193. The highest BCUT2D eigenvalue weighted by atomic mass is 35.5. The van der Waals surface area contributed by atoms with Crippen molar-refractivity contribution in [2.75, 3.05) is 31.1 Å². The molecule has 5 nitrogen and oxygen atoms in total. The lowest BCUT2D eigenvalue weighted by Gasteiger charge is -2.36. The van der Waals surface area contributed by atoms with Crippen molar-refractivity contribution in [3.63, 3.8) is 0 Å². The molecule has 138 valence electrons. The number of rotatable bonds is 3. The second-order valence-electron chi connectivity index (χ2n) is 6.30. The summed E-state index contributed by atoms with van der Waals surface area (Å²) in [6, 6.07) is 12.1. The number of nitrogens with zero attached hydrogens (tertiary/aromatic N) is 3. The van der Waals surface area contributed by atoms with Crippen LogP contribution in [-0.4, -0.2) is 42.8 Å². The molecule has 0 bridgehead atoms. The van der Waals surface area contributed by atoms with Gasteiger partial charge in [0.05, 0.1) is 21.8 Å². The number of hydrogen-bond acceptors (Lipinski definition) is 4. The zero-order valence-electron chi connectivity index (χ0n) is 14.7. The van der Waals surface area contributed by atoms with Gasteiger partial charge in [0, 0.05) is 36.8 Å². The predicted molar refractivity (Wildman–Crippen MR) is 106 cm³/mol. The van der Waals surface area contributed by atoms with Crippen molar-refractivity contribution < 1.29 is 9.59 Å². The average molecular weight is 402 g/mol. The van der Waals surface area contributed by atoms with Crippen LogP contribution < -0.4 is 4.90 Å². The van der Waals surface area contributed by atoms with Gasteiger partial charge in [-0.3, -0.25) is 9.59 Å². The number of nitriles is 1. The van der Waals surface area contributed by atoms with Gasteiger partial charge in [-0.15, -0.1) is 0 Å². The molecule has 2 aromatic carbocycles. The minimum Gasteiger partial charge on any atom is -0.367 e. The van der Waals surface area contributed by atoms with E-state index in [9.17, 15) is 14.9 Å². The van der Waals surface area contributed by atoms with Gasteiger partial charge in [-0.05, 0) is 43.3 Å². The van der Waals surface area contributed by atoms with E-state index >= 15 is 0 Å². The van der Waals surface area contributed by atoms with E-state index < -0.39 is 0 Å². The van der Waals surface area contributed by atoms with Gasteiger partial charge in [0.2, 0.25) is 0 Å². The van der Waals surface area contributed by atoms with Gasteiger partial charge in [-0.1, -0.05) is 23.2 Å². The van der Waals surface area contributed by atoms with Crippen LogP contribution >= 0.6 is 23.2 Å². The molecule has 27 heavy (non-hydrogen) atoms. The Morgan fingerprint density at radius 2 is 1.74 bits per heavy atom. The first-order valence-corrected chi connectivity index (χ1v) is 9.20. The summed E-state index contributed by atoms with van der Waals surface area (Å²) in [4.78, 5) is 28.1. The largest absolute Gasteiger partial charge is 0.367 e. The third-order valence-corrected chi connectivity index (χ3v) is 5.14. The lowest BCUT2D eigenvalue weighted by molar-refractivity contribution is 0.0747. The zero-order chi connectivity index (χ0) is 19.6. The fourth-order valence-electron chi connectivity index (χ4n) is 3.09. The van der Waals surface area contributed by atoms with Crippen molar-refractivity contribution in [2.24, 2.45) is 0 Å². The van der Waals surface area contributed by atoms with Crippen molar-refractivity contribution >= 4 is 40.6 Å². The summed E-state index contributed by atoms with van der Waals surface area (Å²) in [7, 11) is 0. The standard InChI is InChI=1S/C20H17Cl2N3O2/c1-13(26)14-2-3-15(12-23)19(10-14)24-6-8-25(9-7-24)20(27)17-5-4-16(21)11-18(17)22/h2-5,10-11H,6-9H2,1H3. The highest BCUT2D eigenvalue weighted by molar-refractivity contribution is 6.36. The maximum absolute atomic E-state index is 12.7. The maximum atomic E-state index is 12.7. The van der Waals surface area contributed by atoms with Crippen LogP contribution in [0.25, 0.3) is 0 Å². The van der Waals surface area contributed by atoms with E-state index in [-0.39, 0.29) is 11.7 Å². The number of ketones is 1. The average Bonchev–Trinajstić information content (AvgIpc) is 2.67. The molecule has 1 aliphatic heterocycles. The van der Waals surface area contributed by atoms with Gasteiger partial charge < -0.3 is 9.80 Å². The summed E-state index contributed by atoms with van der Waals surface area (Å²) in [6.45, 7) is 3.61. The smallest absolute Gasteiger partial charge is 0.255 e. The van der Waals surface area contributed by atoms with Crippen LogP contribution in [0.2, 0.25) is 10.0 Å². The van der Waals surface area contributed by atoms with Crippen molar-refractivity contribution in [1.82, 2.24) is 4.90 Å². The third-order valence-electron chi connectivity index (χ3n) is 4.59. The van der Waals surface area contributed by atoms with E-state index in [0.29, 0.717) is 52.9 Å². The molecule has 1 fully saturated rings. The van der Waals surface area contributed by atoms with Crippen molar-refractivity contribution in [1.29, 1.82) is 5.26 Å². The van der Waals surface area contributed by atoms with E-state index in [4.69, 9.17) is 23.2 Å². The summed E-state index contributed by atoms with van der Waals surface area (Å²) in [5.41, 5.74) is 2.23. The first kappa shape index (κ1) is 19.2. The van der Waals surface area contributed by atoms with Crippen LogP contribution in [0.3, 0.4) is 0 Å². The van der Waals surface area contributed by atoms with Crippen LogP contribution in [0.15, 0.2) is 36.4 Å². The number of halogens is 2. The molecule has 0 saturated carbocycles. The molecule has 1 aliphatic rings. The van der Waals surface area contributed by atoms with E-state index in [1.165, 1.54) is 6.92 Å². The normalized spacial score (nSPS) is 14.0. The summed E-state index contributed by atoms with van der Waals surface area (Å²) < 4.78 is 0. The van der Waals surface area contributed by atoms with Crippen molar-refractivity contribution in [3.05, 3.63) is 63.1 Å². The fourth-order valence-corrected chi connectivity index (χ4v) is 3.58. The van der Waals surface area contributed by atoms with Crippen LogP contribution in [0.1, 0.15) is 33.2 Å². The molecule has 0 radical (unpaired) electrons. The first-order valence-electron chi connectivity index (χ1n) is 8.45. The molecular formula is C20H17Cl2N3O2. The molecule has 1 amide bonds. The number of carbonyl (C=O) groups excluding carboxylic acids is 2.